The highest BCUT2D eigenvalue weighted by Gasteiger charge is 2.16. The molecule has 1 atom stereocenters. The number of nitrogens with one attached hydrogen (secondary N) is 1. The average Bonchev–Trinajstić information content (AvgIpc) is 2.36. The molecule has 0 radical (unpaired) electrons. The second kappa shape index (κ2) is 6.81. The third-order valence-corrected chi connectivity index (χ3v) is 2.55. The summed E-state index contributed by atoms with van der Waals surface area (Å²) in [6, 6.07) is 4.83. The Morgan fingerprint density at radius 3 is 2.94 bits per heavy atom. The van der Waals surface area contributed by atoms with Gasteiger partial charge in [0.1, 0.15) is 5.75 Å². The van der Waals surface area contributed by atoms with E-state index in [4.69, 9.17) is 16.3 Å². The second-order valence-corrected chi connectivity index (χ2v) is 3.97. The highest BCUT2D eigenvalue weighted by Crippen LogP contribution is 2.25. The molecule has 0 bridgehead atoms. The van der Waals surface area contributed by atoms with Crippen molar-refractivity contribution in [3.8, 4) is 5.75 Å². The Morgan fingerprint density at radius 1 is 1.61 bits per heavy atom. The number of rotatable bonds is 6. The predicted molar refractivity (Wildman–Crippen MR) is 70.1 cm³/mol. The van der Waals surface area contributed by atoms with Crippen LogP contribution in [0.3, 0.4) is 0 Å². The first-order chi connectivity index (χ1) is 8.60. The maximum atomic E-state index is 11.6. The molecule has 0 spiro atoms. The van der Waals surface area contributed by atoms with Crippen LogP contribution in [-0.2, 0) is 4.79 Å². The van der Waals surface area contributed by atoms with Gasteiger partial charge < -0.3 is 10.1 Å². The molecule has 1 amide bonds. The quantitative estimate of drug-likeness (QED) is 0.635. The zero-order valence-corrected chi connectivity index (χ0v) is 10.7. The van der Waals surface area contributed by atoms with Gasteiger partial charge in [-0.05, 0) is 19.1 Å². The molecular weight excluding hydrogens is 254 g/mol. The lowest BCUT2D eigenvalue weighted by atomic mass is 10.2. The van der Waals surface area contributed by atoms with E-state index in [0.717, 1.165) is 0 Å². The predicted octanol–water partition coefficient (Wildman–Crippen LogP) is 2.22. The number of benzene rings is 1. The van der Waals surface area contributed by atoms with E-state index in [-0.39, 0.29) is 11.5 Å². The fourth-order valence-corrected chi connectivity index (χ4v) is 1.51. The number of hydrogen-bond acceptors (Lipinski definition) is 3. The van der Waals surface area contributed by atoms with Gasteiger partial charge >= 0.3 is 0 Å². The molecule has 1 aromatic carbocycles. The van der Waals surface area contributed by atoms with Crippen LogP contribution in [0.4, 0.5) is 0 Å². The summed E-state index contributed by atoms with van der Waals surface area (Å²) >= 11 is 5.85. The van der Waals surface area contributed by atoms with Gasteiger partial charge in [0.15, 0.2) is 12.4 Å². The Bertz CT molecular complexity index is 460. The Labute approximate surface area is 111 Å². The van der Waals surface area contributed by atoms with Crippen LogP contribution in [0.5, 0.6) is 5.75 Å². The number of amides is 1. The van der Waals surface area contributed by atoms with Crippen molar-refractivity contribution in [1.29, 1.82) is 0 Å². The second-order valence-electron chi connectivity index (χ2n) is 3.56. The summed E-state index contributed by atoms with van der Waals surface area (Å²) in [7, 11) is 0. The Balaban J connectivity index is 2.78. The molecule has 0 saturated heterocycles. The molecule has 1 N–H and O–H groups in total. The van der Waals surface area contributed by atoms with E-state index in [0.29, 0.717) is 23.6 Å². The summed E-state index contributed by atoms with van der Waals surface area (Å²) < 4.78 is 5.41. The summed E-state index contributed by atoms with van der Waals surface area (Å²) in [6.07, 6.45) is 1.45. The van der Waals surface area contributed by atoms with E-state index >= 15 is 0 Å². The van der Waals surface area contributed by atoms with Crippen molar-refractivity contribution in [3.05, 3.63) is 41.4 Å². The van der Waals surface area contributed by atoms with Crippen LogP contribution in [0, 0.1) is 0 Å². The van der Waals surface area contributed by atoms with Crippen LogP contribution in [0.1, 0.15) is 17.3 Å². The van der Waals surface area contributed by atoms with Gasteiger partial charge in [-0.1, -0.05) is 23.7 Å². The number of carbonyl (C=O) groups excluding carboxylic acids is 2. The lowest BCUT2D eigenvalue weighted by molar-refractivity contribution is -0.127. The van der Waals surface area contributed by atoms with Crippen LogP contribution in [0.25, 0.3) is 0 Å². The van der Waals surface area contributed by atoms with Gasteiger partial charge in [0.25, 0.3) is 5.91 Å². The normalized spacial score (nSPS) is 11.4. The summed E-state index contributed by atoms with van der Waals surface area (Å²) in [5.74, 6) is 0.00507. The Hall–Kier alpha value is -1.81. The van der Waals surface area contributed by atoms with Gasteiger partial charge in [0, 0.05) is 6.54 Å². The van der Waals surface area contributed by atoms with Crippen LogP contribution in [-0.4, -0.2) is 24.8 Å². The molecule has 5 heteroatoms. The molecule has 96 valence electrons. The molecule has 0 aliphatic heterocycles. The molecule has 1 unspecified atom stereocenters. The van der Waals surface area contributed by atoms with Crippen molar-refractivity contribution in [3.63, 3.8) is 0 Å². The first kappa shape index (κ1) is 14.3. The van der Waals surface area contributed by atoms with E-state index in [1.165, 1.54) is 0 Å². The maximum absolute atomic E-state index is 11.6. The van der Waals surface area contributed by atoms with Gasteiger partial charge in [-0.25, -0.2) is 0 Å². The topological polar surface area (TPSA) is 55.4 Å². The minimum absolute atomic E-state index is 0.238. The first-order valence-electron chi connectivity index (χ1n) is 5.39. The van der Waals surface area contributed by atoms with Crippen LogP contribution in [0.2, 0.25) is 5.02 Å². The van der Waals surface area contributed by atoms with Crippen molar-refractivity contribution in [2.75, 3.05) is 6.54 Å². The van der Waals surface area contributed by atoms with Gasteiger partial charge in [-0.2, -0.15) is 0 Å². The van der Waals surface area contributed by atoms with Crippen LogP contribution >= 0.6 is 11.6 Å². The number of hydrogen-bond donors (Lipinski definition) is 1. The highest BCUT2D eigenvalue weighted by atomic mass is 35.5. The monoisotopic (exact) mass is 267 g/mol. The molecule has 18 heavy (non-hydrogen) atoms. The summed E-state index contributed by atoms with van der Waals surface area (Å²) in [4.78, 5) is 22.5. The van der Waals surface area contributed by atoms with Crippen molar-refractivity contribution >= 4 is 23.8 Å². The van der Waals surface area contributed by atoms with Gasteiger partial charge in [0.05, 0.1) is 10.6 Å². The zero-order chi connectivity index (χ0) is 13.5. The molecule has 0 aromatic heterocycles. The smallest absolute Gasteiger partial charge is 0.261 e. The fraction of sp³-hybridized carbons (Fsp3) is 0.231. The number of carbonyl (C=O) groups is 2. The van der Waals surface area contributed by atoms with E-state index < -0.39 is 6.10 Å². The summed E-state index contributed by atoms with van der Waals surface area (Å²) in [6.45, 7) is 5.45. The molecule has 1 rings (SSSR count). The number of ether oxygens (including phenoxy) is 1. The Kier molecular flexibility index (Phi) is 5.39. The standard InChI is InChI=1S/C13H14ClNO3/c1-3-7-15-13(17)9(2)18-12-6-4-5-11(14)10(12)8-16/h3-6,8-9H,1,7H2,2H3,(H,15,17). The van der Waals surface area contributed by atoms with Crippen molar-refractivity contribution in [2.45, 2.75) is 13.0 Å². The SMILES string of the molecule is C=CCNC(=O)C(C)Oc1cccc(Cl)c1C=O. The third-order valence-electron chi connectivity index (χ3n) is 2.22. The van der Waals surface area contributed by atoms with E-state index in [9.17, 15) is 9.59 Å². The van der Waals surface area contributed by atoms with E-state index in [1.54, 1.807) is 31.2 Å². The average molecular weight is 268 g/mol. The third kappa shape index (κ3) is 3.60. The fourth-order valence-electron chi connectivity index (χ4n) is 1.29. The molecule has 0 aliphatic carbocycles. The molecule has 0 saturated carbocycles. The van der Waals surface area contributed by atoms with Crippen molar-refractivity contribution in [2.24, 2.45) is 0 Å². The summed E-state index contributed by atoms with van der Waals surface area (Å²) in [5, 5.41) is 2.89. The molecule has 4 nitrogen and oxygen atoms in total. The zero-order valence-electron chi connectivity index (χ0n) is 9.98. The summed E-state index contributed by atoms with van der Waals surface area (Å²) in [5.41, 5.74) is 0.238. The molecular formula is C13H14ClNO3. The minimum Gasteiger partial charge on any atom is -0.480 e. The molecule has 0 aliphatic rings. The van der Waals surface area contributed by atoms with E-state index in [2.05, 4.69) is 11.9 Å². The van der Waals surface area contributed by atoms with Gasteiger partial charge in [-0.3, -0.25) is 9.59 Å². The maximum Gasteiger partial charge on any atom is 0.261 e. The van der Waals surface area contributed by atoms with Crippen LogP contribution < -0.4 is 10.1 Å². The number of halogens is 1. The highest BCUT2D eigenvalue weighted by molar-refractivity contribution is 6.33. The van der Waals surface area contributed by atoms with Crippen LogP contribution in [0.15, 0.2) is 30.9 Å². The van der Waals surface area contributed by atoms with Gasteiger partial charge in [0.2, 0.25) is 0 Å². The first-order valence-corrected chi connectivity index (χ1v) is 5.77. The molecule has 1 aromatic rings. The minimum atomic E-state index is -0.720. The van der Waals surface area contributed by atoms with Crippen molar-refractivity contribution < 1.29 is 14.3 Å². The molecule has 0 heterocycles. The molecule has 0 fully saturated rings. The van der Waals surface area contributed by atoms with E-state index in [1.807, 2.05) is 0 Å². The van der Waals surface area contributed by atoms with Gasteiger partial charge in [-0.15, -0.1) is 6.58 Å². The van der Waals surface area contributed by atoms with Crippen molar-refractivity contribution in [1.82, 2.24) is 5.32 Å². The number of aldehydes is 1. The Morgan fingerprint density at radius 2 is 2.33 bits per heavy atom. The largest absolute Gasteiger partial charge is 0.480 e. The lowest BCUT2D eigenvalue weighted by Gasteiger charge is -2.15. The lowest BCUT2D eigenvalue weighted by Crippen LogP contribution is -2.36.